The van der Waals surface area contributed by atoms with Crippen LogP contribution in [0.15, 0.2) is 0 Å². The standard InChI is InChI=1S/C9H16Br2N4/c1-7(2)9(5-10,6-11)4-8-12-14-15(3)13-8/h7H,4-6H2,1-3H3. The number of hydrogen-bond acceptors (Lipinski definition) is 3. The van der Waals surface area contributed by atoms with Gasteiger partial charge in [-0.15, -0.1) is 10.2 Å². The third kappa shape index (κ3) is 3.00. The molecule has 0 saturated heterocycles. The van der Waals surface area contributed by atoms with Gasteiger partial charge in [0.25, 0.3) is 0 Å². The zero-order valence-electron chi connectivity index (χ0n) is 9.24. The van der Waals surface area contributed by atoms with Crippen molar-refractivity contribution in [2.24, 2.45) is 18.4 Å². The first-order valence-electron chi connectivity index (χ1n) is 4.89. The fourth-order valence-electron chi connectivity index (χ4n) is 1.35. The molecule has 0 fully saturated rings. The van der Waals surface area contributed by atoms with Gasteiger partial charge in [-0.05, 0) is 16.5 Å². The Bertz CT molecular complexity index is 307. The number of aryl methyl sites for hydroxylation is 1. The van der Waals surface area contributed by atoms with E-state index >= 15 is 0 Å². The average molecular weight is 340 g/mol. The maximum absolute atomic E-state index is 4.23. The quantitative estimate of drug-likeness (QED) is 0.772. The normalized spacial score (nSPS) is 12.4. The molecule has 15 heavy (non-hydrogen) atoms. The Morgan fingerprint density at radius 3 is 2.27 bits per heavy atom. The van der Waals surface area contributed by atoms with Crippen molar-refractivity contribution in [1.29, 1.82) is 0 Å². The Morgan fingerprint density at radius 1 is 1.33 bits per heavy atom. The molecule has 0 aliphatic carbocycles. The smallest absolute Gasteiger partial charge is 0.167 e. The zero-order chi connectivity index (χ0) is 11.5. The SMILES string of the molecule is CC(C)C(CBr)(CBr)Cc1nnn(C)n1. The molecular weight excluding hydrogens is 324 g/mol. The highest BCUT2D eigenvalue weighted by Gasteiger charge is 2.33. The lowest BCUT2D eigenvalue weighted by Crippen LogP contribution is -2.34. The van der Waals surface area contributed by atoms with Gasteiger partial charge in [0.2, 0.25) is 0 Å². The molecule has 1 heterocycles. The maximum Gasteiger partial charge on any atom is 0.175 e. The fourth-order valence-corrected chi connectivity index (χ4v) is 3.97. The van der Waals surface area contributed by atoms with E-state index in [-0.39, 0.29) is 5.41 Å². The summed E-state index contributed by atoms with van der Waals surface area (Å²) in [4.78, 5) is 1.50. The average Bonchev–Trinajstić information content (AvgIpc) is 2.60. The van der Waals surface area contributed by atoms with E-state index < -0.39 is 0 Å². The topological polar surface area (TPSA) is 43.6 Å². The largest absolute Gasteiger partial charge is 0.175 e. The summed E-state index contributed by atoms with van der Waals surface area (Å²) in [5.41, 5.74) is 0.156. The zero-order valence-corrected chi connectivity index (χ0v) is 12.4. The van der Waals surface area contributed by atoms with Crippen molar-refractivity contribution in [3.05, 3.63) is 5.82 Å². The molecule has 0 saturated carbocycles. The molecule has 1 rings (SSSR count). The first kappa shape index (κ1) is 13.1. The van der Waals surface area contributed by atoms with Gasteiger partial charge in [-0.25, -0.2) is 0 Å². The van der Waals surface area contributed by atoms with Crippen LogP contribution < -0.4 is 0 Å². The predicted octanol–water partition coefficient (Wildman–Crippen LogP) is 2.18. The summed E-state index contributed by atoms with van der Waals surface area (Å²) in [5.74, 6) is 1.37. The van der Waals surface area contributed by atoms with Gasteiger partial charge in [0.1, 0.15) is 0 Å². The summed E-state index contributed by atoms with van der Waals surface area (Å²) in [5, 5.41) is 14.0. The van der Waals surface area contributed by atoms with Crippen LogP contribution >= 0.6 is 31.9 Å². The van der Waals surface area contributed by atoms with E-state index in [4.69, 9.17) is 0 Å². The van der Waals surface area contributed by atoms with Crippen LogP contribution in [0.1, 0.15) is 19.7 Å². The third-order valence-corrected chi connectivity index (χ3v) is 5.05. The molecule has 0 bridgehead atoms. The van der Waals surface area contributed by atoms with Crippen LogP contribution in [0.2, 0.25) is 0 Å². The predicted molar refractivity (Wildman–Crippen MR) is 67.4 cm³/mol. The van der Waals surface area contributed by atoms with Gasteiger partial charge in [-0.3, -0.25) is 0 Å². The molecule has 4 nitrogen and oxygen atoms in total. The van der Waals surface area contributed by atoms with Crippen molar-refractivity contribution < 1.29 is 0 Å². The second-order valence-electron chi connectivity index (χ2n) is 4.16. The number of nitrogens with zero attached hydrogens (tertiary/aromatic N) is 4. The van der Waals surface area contributed by atoms with E-state index in [9.17, 15) is 0 Å². The molecule has 0 unspecified atom stereocenters. The van der Waals surface area contributed by atoms with Crippen molar-refractivity contribution in [3.8, 4) is 0 Å². The molecule has 6 heteroatoms. The van der Waals surface area contributed by atoms with Gasteiger partial charge < -0.3 is 0 Å². The Hall–Kier alpha value is 0.0300. The van der Waals surface area contributed by atoms with E-state index in [1.54, 1.807) is 7.05 Å². The second-order valence-corrected chi connectivity index (χ2v) is 5.28. The number of hydrogen-bond donors (Lipinski definition) is 0. The number of alkyl halides is 2. The number of rotatable bonds is 5. The summed E-state index contributed by atoms with van der Waals surface area (Å²) in [6.07, 6.45) is 0.842. The fraction of sp³-hybridized carbons (Fsp3) is 0.889. The van der Waals surface area contributed by atoms with Crippen molar-refractivity contribution in [1.82, 2.24) is 20.2 Å². The lowest BCUT2D eigenvalue weighted by molar-refractivity contribution is 0.262. The summed E-state index contributed by atoms with van der Waals surface area (Å²) < 4.78 is 0. The highest BCUT2D eigenvalue weighted by atomic mass is 79.9. The minimum Gasteiger partial charge on any atom is -0.167 e. The lowest BCUT2D eigenvalue weighted by Gasteiger charge is -2.33. The van der Waals surface area contributed by atoms with E-state index in [0.29, 0.717) is 5.92 Å². The monoisotopic (exact) mass is 338 g/mol. The summed E-state index contributed by atoms with van der Waals surface area (Å²) in [7, 11) is 1.79. The summed E-state index contributed by atoms with van der Waals surface area (Å²) >= 11 is 7.17. The minimum atomic E-state index is 0.156. The Kier molecular flexibility index (Phi) is 4.70. The van der Waals surface area contributed by atoms with Gasteiger partial charge in [0, 0.05) is 17.1 Å². The molecule has 0 aromatic carbocycles. The van der Waals surface area contributed by atoms with Crippen LogP contribution in [0.4, 0.5) is 0 Å². The van der Waals surface area contributed by atoms with Crippen LogP contribution in [0.5, 0.6) is 0 Å². The molecule has 0 radical (unpaired) electrons. The van der Waals surface area contributed by atoms with Gasteiger partial charge in [0.15, 0.2) is 5.82 Å². The Balaban J connectivity index is 2.83. The minimum absolute atomic E-state index is 0.156. The van der Waals surface area contributed by atoms with Gasteiger partial charge in [-0.2, -0.15) is 4.80 Å². The molecule has 0 aliphatic heterocycles. The molecular formula is C9H16Br2N4. The van der Waals surface area contributed by atoms with Crippen LogP contribution in [-0.4, -0.2) is 30.9 Å². The first-order valence-corrected chi connectivity index (χ1v) is 7.13. The van der Waals surface area contributed by atoms with Crippen LogP contribution in [0.25, 0.3) is 0 Å². The molecule has 0 atom stereocenters. The van der Waals surface area contributed by atoms with Crippen molar-refractivity contribution in [2.75, 3.05) is 10.7 Å². The van der Waals surface area contributed by atoms with Gasteiger partial charge in [0.05, 0.1) is 7.05 Å². The van der Waals surface area contributed by atoms with Crippen LogP contribution in [0.3, 0.4) is 0 Å². The van der Waals surface area contributed by atoms with E-state index in [1.807, 2.05) is 0 Å². The summed E-state index contributed by atoms with van der Waals surface area (Å²) in [6.45, 7) is 4.44. The molecule has 0 amide bonds. The molecule has 0 spiro atoms. The van der Waals surface area contributed by atoms with E-state index in [0.717, 1.165) is 22.9 Å². The molecule has 1 aromatic heterocycles. The van der Waals surface area contributed by atoms with E-state index in [2.05, 4.69) is 61.1 Å². The Labute approximate surface area is 107 Å². The summed E-state index contributed by atoms with van der Waals surface area (Å²) in [6, 6.07) is 0. The lowest BCUT2D eigenvalue weighted by atomic mass is 9.78. The highest BCUT2D eigenvalue weighted by Crippen LogP contribution is 2.34. The molecule has 86 valence electrons. The first-order chi connectivity index (χ1) is 7.04. The van der Waals surface area contributed by atoms with Gasteiger partial charge >= 0.3 is 0 Å². The van der Waals surface area contributed by atoms with Crippen LogP contribution in [-0.2, 0) is 13.5 Å². The van der Waals surface area contributed by atoms with E-state index in [1.165, 1.54) is 4.80 Å². The maximum atomic E-state index is 4.23. The van der Waals surface area contributed by atoms with Crippen molar-refractivity contribution in [3.63, 3.8) is 0 Å². The molecule has 0 N–H and O–H groups in total. The van der Waals surface area contributed by atoms with Crippen molar-refractivity contribution in [2.45, 2.75) is 20.3 Å². The van der Waals surface area contributed by atoms with Crippen molar-refractivity contribution >= 4 is 31.9 Å². The molecule has 0 aliphatic rings. The second kappa shape index (κ2) is 5.39. The van der Waals surface area contributed by atoms with Gasteiger partial charge in [-0.1, -0.05) is 45.7 Å². The van der Waals surface area contributed by atoms with Crippen LogP contribution in [0, 0.1) is 11.3 Å². The Morgan fingerprint density at radius 2 is 1.93 bits per heavy atom. The number of halogens is 2. The molecule has 1 aromatic rings. The highest BCUT2D eigenvalue weighted by molar-refractivity contribution is 9.09. The number of tetrazole rings is 1. The third-order valence-electron chi connectivity index (χ3n) is 2.82. The number of aromatic nitrogens is 4.